The summed E-state index contributed by atoms with van der Waals surface area (Å²) in [5, 5.41) is 25.6. The highest BCUT2D eigenvalue weighted by Crippen LogP contribution is 2.18. The zero-order valence-corrected chi connectivity index (χ0v) is 20.1. The Bertz CT molecular complexity index is 837. The molecule has 0 fully saturated rings. The van der Waals surface area contributed by atoms with Gasteiger partial charge in [-0.1, -0.05) is 13.0 Å². The summed E-state index contributed by atoms with van der Waals surface area (Å²) in [7, 11) is 0. The molecule has 1 aliphatic rings. The average Bonchev–Trinajstić information content (AvgIpc) is 2.75. The van der Waals surface area contributed by atoms with Crippen molar-refractivity contribution in [3.63, 3.8) is 0 Å². The number of phenolic OH excluding ortho intramolecular Hbond substituents is 1. The minimum absolute atomic E-state index is 0.139. The van der Waals surface area contributed by atoms with Gasteiger partial charge in [0.15, 0.2) is 0 Å². The molecule has 8 heteroatoms. The van der Waals surface area contributed by atoms with Crippen LogP contribution in [0.1, 0.15) is 44.2 Å². The Morgan fingerprint density at radius 1 is 1.33 bits per heavy atom. The number of aliphatic hydroxyl groups is 1. The van der Waals surface area contributed by atoms with Crippen molar-refractivity contribution in [2.45, 2.75) is 52.6 Å². The number of hydrogen-bond donors (Lipinski definition) is 4. The number of benzene rings is 1. The molecule has 1 aliphatic heterocycles. The third kappa shape index (κ3) is 9.67. The molecule has 0 bridgehead atoms. The molecule has 4 N–H and O–H groups in total. The smallest absolute Gasteiger partial charge is 0.211 e. The zero-order valence-electron chi connectivity index (χ0n) is 20.1. The third-order valence-corrected chi connectivity index (χ3v) is 5.78. The average molecular weight is 458 g/mol. The van der Waals surface area contributed by atoms with Gasteiger partial charge >= 0.3 is 0 Å². The highest BCUT2D eigenvalue weighted by Gasteiger charge is 2.16. The van der Waals surface area contributed by atoms with E-state index in [1.807, 2.05) is 19.1 Å². The Morgan fingerprint density at radius 2 is 2.15 bits per heavy atom. The van der Waals surface area contributed by atoms with Crippen molar-refractivity contribution >= 4 is 12.7 Å². The number of aryl methyl sites for hydroxylation is 1. The van der Waals surface area contributed by atoms with Crippen LogP contribution in [0.5, 0.6) is 5.75 Å². The summed E-state index contributed by atoms with van der Waals surface area (Å²) in [4.78, 5) is 20.0. The van der Waals surface area contributed by atoms with Gasteiger partial charge < -0.3 is 20.8 Å². The van der Waals surface area contributed by atoms with E-state index in [4.69, 9.17) is 0 Å². The highest BCUT2D eigenvalue weighted by molar-refractivity contribution is 5.57. The summed E-state index contributed by atoms with van der Waals surface area (Å²) in [6.45, 7) is 11.6. The number of rotatable bonds is 10. The molecular formula is C25H39N5O3. The molecule has 0 aliphatic carbocycles. The molecule has 0 saturated heterocycles. The van der Waals surface area contributed by atoms with Gasteiger partial charge in [-0.3, -0.25) is 19.6 Å². The predicted molar refractivity (Wildman–Crippen MR) is 133 cm³/mol. The fourth-order valence-electron chi connectivity index (χ4n) is 4.03. The van der Waals surface area contributed by atoms with E-state index in [0.29, 0.717) is 30.8 Å². The van der Waals surface area contributed by atoms with Crippen LogP contribution in [-0.4, -0.2) is 71.5 Å². The number of nitrogens with zero attached hydrogens (tertiary/aromatic N) is 3. The number of aliphatic imine (C=N–C) groups is 1. The first-order chi connectivity index (χ1) is 15.9. The molecule has 8 nitrogen and oxygen atoms in total. The molecule has 0 radical (unpaired) electrons. The number of carbonyl (C=O) groups excluding carboxylic acids is 1. The minimum Gasteiger partial charge on any atom is -0.512 e. The monoisotopic (exact) mass is 457 g/mol. The number of hydrogen-bond acceptors (Lipinski definition) is 7. The van der Waals surface area contributed by atoms with Gasteiger partial charge in [-0.2, -0.15) is 0 Å². The Kier molecular flexibility index (Phi) is 11.5. The maximum absolute atomic E-state index is 10.8. The molecule has 2 rings (SSSR count). The number of aliphatic hydroxyl groups excluding tert-OH is 1. The summed E-state index contributed by atoms with van der Waals surface area (Å²) < 4.78 is 0. The lowest BCUT2D eigenvalue weighted by Gasteiger charge is -2.30. The standard InChI is InChI=1S/C25H39N5O3/c1-4-9-29(17-22-6-7-24(32)13-20(22)2)10-5-11-30-12-8-26-18-27-16-23(28-19-31)15-25(33)14-21(30)3/h6-7,13,15-16,18-19,21,32-33H,4-5,8-12,14,17H2,1-3H3,(H,26,27)(H,28,31)/b23-16+,25-15+. The first kappa shape index (κ1) is 26.4. The van der Waals surface area contributed by atoms with Gasteiger partial charge in [-0.25, -0.2) is 0 Å². The summed E-state index contributed by atoms with van der Waals surface area (Å²) >= 11 is 0. The van der Waals surface area contributed by atoms with Gasteiger partial charge in [0.25, 0.3) is 0 Å². The van der Waals surface area contributed by atoms with Crippen molar-refractivity contribution in [3.05, 3.63) is 53.1 Å². The van der Waals surface area contributed by atoms with Crippen molar-refractivity contribution in [3.8, 4) is 5.75 Å². The van der Waals surface area contributed by atoms with E-state index in [2.05, 4.69) is 39.3 Å². The second-order valence-electron chi connectivity index (χ2n) is 8.53. The summed E-state index contributed by atoms with van der Waals surface area (Å²) in [5.74, 6) is 0.533. The van der Waals surface area contributed by atoms with E-state index in [1.165, 1.54) is 5.56 Å². The fraction of sp³-hybridized carbons (Fsp3) is 0.520. The molecule has 0 aromatic heterocycles. The van der Waals surface area contributed by atoms with Crippen LogP contribution in [0.3, 0.4) is 0 Å². The summed E-state index contributed by atoms with van der Waals surface area (Å²) in [6, 6.07) is 5.72. The van der Waals surface area contributed by atoms with Crippen LogP contribution in [0.4, 0.5) is 0 Å². The molecule has 182 valence electrons. The van der Waals surface area contributed by atoms with E-state index in [9.17, 15) is 15.0 Å². The number of aromatic hydroxyl groups is 1. The molecule has 0 saturated carbocycles. The van der Waals surface area contributed by atoms with E-state index < -0.39 is 0 Å². The van der Waals surface area contributed by atoms with Gasteiger partial charge in [0, 0.05) is 37.8 Å². The quantitative estimate of drug-likeness (QED) is 0.403. The van der Waals surface area contributed by atoms with Gasteiger partial charge in [0.05, 0.1) is 24.3 Å². The number of carbonyl (C=O) groups is 1. The number of amides is 1. The van der Waals surface area contributed by atoms with Crippen molar-refractivity contribution in [2.24, 2.45) is 4.99 Å². The first-order valence-corrected chi connectivity index (χ1v) is 11.7. The van der Waals surface area contributed by atoms with Crippen LogP contribution >= 0.6 is 0 Å². The Morgan fingerprint density at radius 3 is 2.88 bits per heavy atom. The van der Waals surface area contributed by atoms with Crippen LogP contribution in [0.15, 0.2) is 46.9 Å². The number of allylic oxidation sites excluding steroid dienone is 1. The normalized spacial score (nSPS) is 21.2. The molecular weight excluding hydrogens is 418 g/mol. The second kappa shape index (κ2) is 14.3. The first-order valence-electron chi connectivity index (χ1n) is 11.7. The van der Waals surface area contributed by atoms with Gasteiger partial charge in [0.1, 0.15) is 5.75 Å². The lowest BCUT2D eigenvalue weighted by Crippen LogP contribution is -2.38. The minimum atomic E-state index is 0.139. The SMILES string of the molecule is CCCN(CCCN1CCN=CN/C=C(NC=O)\C=C(\O)CC1C)Cc1ccc(O)cc1C. The van der Waals surface area contributed by atoms with Crippen LogP contribution in [0, 0.1) is 6.92 Å². The molecule has 1 amide bonds. The van der Waals surface area contributed by atoms with Crippen LogP contribution in [0.25, 0.3) is 0 Å². The molecule has 1 unspecified atom stereocenters. The lowest BCUT2D eigenvalue weighted by molar-refractivity contribution is -0.108. The van der Waals surface area contributed by atoms with Crippen molar-refractivity contribution in [1.29, 1.82) is 0 Å². The van der Waals surface area contributed by atoms with Gasteiger partial charge in [-0.05, 0) is 69.6 Å². The molecule has 1 aromatic carbocycles. The zero-order chi connectivity index (χ0) is 24.1. The number of nitrogens with one attached hydrogen (secondary N) is 2. The fourth-order valence-corrected chi connectivity index (χ4v) is 4.03. The van der Waals surface area contributed by atoms with E-state index in [-0.39, 0.29) is 11.8 Å². The van der Waals surface area contributed by atoms with Crippen LogP contribution in [-0.2, 0) is 11.3 Å². The molecule has 1 aromatic rings. The van der Waals surface area contributed by atoms with Crippen molar-refractivity contribution < 1.29 is 15.0 Å². The molecule has 33 heavy (non-hydrogen) atoms. The topological polar surface area (TPSA) is 100 Å². The molecule has 0 spiro atoms. The molecule has 1 atom stereocenters. The van der Waals surface area contributed by atoms with E-state index in [1.54, 1.807) is 24.7 Å². The van der Waals surface area contributed by atoms with Gasteiger partial charge in [0.2, 0.25) is 6.41 Å². The van der Waals surface area contributed by atoms with Crippen LogP contribution < -0.4 is 10.6 Å². The maximum Gasteiger partial charge on any atom is 0.211 e. The van der Waals surface area contributed by atoms with Crippen molar-refractivity contribution in [2.75, 3.05) is 32.7 Å². The largest absolute Gasteiger partial charge is 0.512 e. The maximum atomic E-state index is 10.8. The Labute approximate surface area is 197 Å². The lowest BCUT2D eigenvalue weighted by atomic mass is 10.1. The Balaban J connectivity index is 1.98. The van der Waals surface area contributed by atoms with Gasteiger partial charge in [-0.15, -0.1) is 0 Å². The second-order valence-corrected chi connectivity index (χ2v) is 8.53. The van der Waals surface area contributed by atoms with E-state index >= 15 is 0 Å². The predicted octanol–water partition coefficient (Wildman–Crippen LogP) is 3.04. The number of phenols is 1. The molecule has 1 heterocycles. The third-order valence-electron chi connectivity index (χ3n) is 5.78. The summed E-state index contributed by atoms with van der Waals surface area (Å²) in [5.41, 5.74) is 2.83. The Hall–Kier alpha value is -2.84. The van der Waals surface area contributed by atoms with Crippen molar-refractivity contribution in [1.82, 2.24) is 20.4 Å². The van der Waals surface area contributed by atoms with Crippen LogP contribution in [0.2, 0.25) is 0 Å². The highest BCUT2D eigenvalue weighted by atomic mass is 16.3. The van der Waals surface area contributed by atoms with E-state index in [0.717, 1.165) is 51.1 Å². The summed E-state index contributed by atoms with van der Waals surface area (Å²) in [6.07, 6.45) is 7.92.